The van der Waals surface area contributed by atoms with E-state index in [2.05, 4.69) is 28.6 Å². The van der Waals surface area contributed by atoms with Gasteiger partial charge in [-0.1, -0.05) is 42.5 Å². The van der Waals surface area contributed by atoms with Gasteiger partial charge in [-0.05, 0) is 49.6 Å². The van der Waals surface area contributed by atoms with E-state index in [1.807, 2.05) is 18.2 Å². The number of carbonyl (C=O) groups excluding carboxylic acids is 1. The second-order valence-electron chi connectivity index (χ2n) is 6.01. The molecular formula is C20H20FN3OS. The molecule has 0 bridgehead atoms. The molecule has 0 aliphatic heterocycles. The van der Waals surface area contributed by atoms with E-state index in [1.54, 1.807) is 26.0 Å². The number of carbonyl (C=O) groups is 1. The molecule has 1 amide bonds. The van der Waals surface area contributed by atoms with E-state index in [1.165, 1.54) is 23.0 Å². The van der Waals surface area contributed by atoms with E-state index in [-0.39, 0.29) is 11.6 Å². The normalized spacial score (nSPS) is 10.6. The van der Waals surface area contributed by atoms with Crippen LogP contribution in [0.3, 0.4) is 0 Å². The number of benzene rings is 2. The Labute approximate surface area is 156 Å². The summed E-state index contributed by atoms with van der Waals surface area (Å²) in [4.78, 5) is 17.4. The summed E-state index contributed by atoms with van der Waals surface area (Å²) in [6.07, 6.45) is 0.896. The van der Waals surface area contributed by atoms with Crippen LogP contribution in [-0.2, 0) is 6.42 Å². The minimum atomic E-state index is -0.448. The van der Waals surface area contributed by atoms with Crippen molar-refractivity contribution >= 4 is 33.8 Å². The zero-order valence-electron chi connectivity index (χ0n) is 14.9. The highest BCUT2D eigenvalue weighted by atomic mass is 32.1. The molecule has 4 nitrogen and oxygen atoms in total. The lowest BCUT2D eigenvalue weighted by atomic mass is 10.1. The third-order valence-corrected chi connectivity index (χ3v) is 5.09. The van der Waals surface area contributed by atoms with Gasteiger partial charge in [0, 0.05) is 5.69 Å². The van der Waals surface area contributed by atoms with Crippen molar-refractivity contribution in [3.8, 4) is 0 Å². The van der Waals surface area contributed by atoms with Crippen molar-refractivity contribution in [3.05, 3.63) is 70.0 Å². The Morgan fingerprint density at radius 1 is 1.15 bits per heavy atom. The zero-order valence-corrected chi connectivity index (χ0v) is 15.7. The molecule has 0 spiro atoms. The lowest BCUT2D eigenvalue weighted by Gasteiger charge is -2.07. The largest absolute Gasteiger partial charge is 0.331 e. The number of rotatable bonds is 5. The number of nitrogens with one attached hydrogen (secondary N) is 2. The van der Waals surface area contributed by atoms with E-state index >= 15 is 0 Å². The number of para-hydroxylation sites is 1. The molecule has 0 radical (unpaired) electrons. The van der Waals surface area contributed by atoms with Crippen LogP contribution >= 0.6 is 11.3 Å². The average molecular weight is 369 g/mol. The molecule has 1 heterocycles. The molecule has 6 heteroatoms. The van der Waals surface area contributed by atoms with E-state index in [4.69, 9.17) is 0 Å². The summed E-state index contributed by atoms with van der Waals surface area (Å²) in [6, 6.07) is 12.7. The third-order valence-electron chi connectivity index (χ3n) is 4.02. The number of amides is 1. The zero-order chi connectivity index (χ0) is 18.7. The molecule has 0 saturated carbocycles. The maximum atomic E-state index is 14.0. The molecule has 26 heavy (non-hydrogen) atoms. The van der Waals surface area contributed by atoms with Gasteiger partial charge in [-0.25, -0.2) is 9.37 Å². The molecule has 1 aromatic heterocycles. The predicted molar refractivity (Wildman–Crippen MR) is 105 cm³/mol. The number of anilines is 3. The summed E-state index contributed by atoms with van der Waals surface area (Å²) in [7, 11) is 0. The second kappa shape index (κ2) is 7.66. The van der Waals surface area contributed by atoms with Crippen molar-refractivity contribution in [2.75, 3.05) is 10.6 Å². The number of aryl methyl sites for hydroxylation is 3. The van der Waals surface area contributed by atoms with Crippen LogP contribution in [0.25, 0.3) is 0 Å². The van der Waals surface area contributed by atoms with Crippen LogP contribution in [0.5, 0.6) is 0 Å². The maximum Gasteiger partial charge on any atom is 0.267 e. The van der Waals surface area contributed by atoms with E-state index in [9.17, 15) is 9.18 Å². The van der Waals surface area contributed by atoms with Crippen molar-refractivity contribution < 1.29 is 9.18 Å². The Kier molecular flexibility index (Phi) is 5.32. The number of aromatic nitrogens is 1. The lowest BCUT2D eigenvalue weighted by molar-refractivity contribution is 0.102. The van der Waals surface area contributed by atoms with Crippen LogP contribution in [-0.4, -0.2) is 10.9 Å². The fourth-order valence-electron chi connectivity index (χ4n) is 2.63. The Morgan fingerprint density at radius 3 is 2.65 bits per heavy atom. The average Bonchev–Trinajstić information content (AvgIpc) is 2.98. The molecule has 3 aromatic rings. The molecule has 0 saturated heterocycles. The van der Waals surface area contributed by atoms with Crippen molar-refractivity contribution in [1.82, 2.24) is 4.98 Å². The summed E-state index contributed by atoms with van der Waals surface area (Å²) in [5, 5.41) is 6.54. The second-order valence-corrected chi connectivity index (χ2v) is 7.01. The lowest BCUT2D eigenvalue weighted by Crippen LogP contribution is -2.12. The summed E-state index contributed by atoms with van der Waals surface area (Å²) >= 11 is 1.25. The van der Waals surface area contributed by atoms with Gasteiger partial charge in [-0.15, -0.1) is 0 Å². The van der Waals surface area contributed by atoms with Gasteiger partial charge in [0.25, 0.3) is 5.91 Å². The van der Waals surface area contributed by atoms with Gasteiger partial charge >= 0.3 is 0 Å². The monoisotopic (exact) mass is 369 g/mol. The standard InChI is InChI=1S/C20H20FN3OS/c1-4-14-7-5-6-8-16(14)24-20-22-13(3)18(26-20)19(25)23-17-10-9-12(2)11-15(17)21/h5-11H,4H2,1-3H3,(H,22,24)(H,23,25). The first kappa shape index (κ1) is 18.1. The van der Waals surface area contributed by atoms with Crippen LogP contribution in [0.4, 0.5) is 20.9 Å². The summed E-state index contributed by atoms with van der Waals surface area (Å²) in [6.45, 7) is 5.66. The van der Waals surface area contributed by atoms with E-state index in [0.29, 0.717) is 15.7 Å². The molecule has 3 rings (SSSR count). The molecule has 0 unspecified atom stereocenters. The Morgan fingerprint density at radius 2 is 1.92 bits per heavy atom. The van der Waals surface area contributed by atoms with Crippen LogP contribution in [0, 0.1) is 19.7 Å². The predicted octanol–water partition coefficient (Wildman–Crippen LogP) is 5.46. The van der Waals surface area contributed by atoms with Gasteiger partial charge in [0.2, 0.25) is 0 Å². The SMILES string of the molecule is CCc1ccccc1Nc1nc(C)c(C(=O)Nc2ccc(C)cc2F)s1. The molecule has 0 atom stereocenters. The van der Waals surface area contributed by atoms with Crippen molar-refractivity contribution in [2.45, 2.75) is 27.2 Å². The quantitative estimate of drug-likeness (QED) is 0.628. The van der Waals surface area contributed by atoms with Crippen molar-refractivity contribution in [1.29, 1.82) is 0 Å². The molecule has 134 valence electrons. The van der Waals surface area contributed by atoms with Crippen molar-refractivity contribution in [3.63, 3.8) is 0 Å². The van der Waals surface area contributed by atoms with Crippen LogP contribution in [0.15, 0.2) is 42.5 Å². The Balaban J connectivity index is 1.80. The number of nitrogens with zero attached hydrogens (tertiary/aromatic N) is 1. The molecule has 2 aromatic carbocycles. The number of halogens is 1. The van der Waals surface area contributed by atoms with Crippen LogP contribution in [0.2, 0.25) is 0 Å². The maximum absolute atomic E-state index is 14.0. The Bertz CT molecular complexity index is 952. The van der Waals surface area contributed by atoms with Gasteiger partial charge in [-0.3, -0.25) is 4.79 Å². The molecule has 0 aliphatic carbocycles. The fraction of sp³-hybridized carbons (Fsp3) is 0.200. The smallest absolute Gasteiger partial charge is 0.267 e. The first-order valence-corrected chi connectivity index (χ1v) is 9.19. The first-order chi connectivity index (χ1) is 12.5. The van der Waals surface area contributed by atoms with E-state index in [0.717, 1.165) is 17.7 Å². The fourth-order valence-corrected chi connectivity index (χ4v) is 3.50. The molecular weight excluding hydrogens is 349 g/mol. The van der Waals surface area contributed by atoms with E-state index < -0.39 is 5.82 Å². The van der Waals surface area contributed by atoms with Gasteiger partial charge in [0.05, 0.1) is 11.4 Å². The van der Waals surface area contributed by atoms with Gasteiger partial charge in [-0.2, -0.15) is 0 Å². The summed E-state index contributed by atoms with van der Waals surface area (Å²) in [5.41, 5.74) is 3.72. The highest BCUT2D eigenvalue weighted by molar-refractivity contribution is 7.17. The molecule has 0 fully saturated rings. The minimum Gasteiger partial charge on any atom is -0.331 e. The number of hydrogen-bond donors (Lipinski definition) is 2. The van der Waals surface area contributed by atoms with Crippen LogP contribution in [0.1, 0.15) is 33.4 Å². The van der Waals surface area contributed by atoms with Gasteiger partial charge < -0.3 is 10.6 Å². The first-order valence-electron chi connectivity index (χ1n) is 8.37. The summed E-state index contributed by atoms with van der Waals surface area (Å²) in [5.74, 6) is -0.810. The topological polar surface area (TPSA) is 54.0 Å². The van der Waals surface area contributed by atoms with Gasteiger partial charge in [0.15, 0.2) is 5.13 Å². The van der Waals surface area contributed by atoms with Crippen molar-refractivity contribution in [2.24, 2.45) is 0 Å². The van der Waals surface area contributed by atoms with Crippen LogP contribution < -0.4 is 10.6 Å². The number of hydrogen-bond acceptors (Lipinski definition) is 4. The van der Waals surface area contributed by atoms with Gasteiger partial charge in [0.1, 0.15) is 10.7 Å². The highest BCUT2D eigenvalue weighted by Crippen LogP contribution is 2.28. The minimum absolute atomic E-state index is 0.166. The Hall–Kier alpha value is -2.73. The molecule has 0 aliphatic rings. The number of thiazole rings is 1. The molecule has 2 N–H and O–H groups in total. The third kappa shape index (κ3) is 3.91. The highest BCUT2D eigenvalue weighted by Gasteiger charge is 2.17. The summed E-state index contributed by atoms with van der Waals surface area (Å²) < 4.78 is 14.0.